The van der Waals surface area contributed by atoms with E-state index in [0.717, 1.165) is 5.57 Å². The van der Waals surface area contributed by atoms with Crippen LogP contribution in [0.2, 0.25) is 0 Å². The summed E-state index contributed by atoms with van der Waals surface area (Å²) in [6, 6.07) is 0. The van der Waals surface area contributed by atoms with E-state index in [2.05, 4.69) is 13.2 Å². The van der Waals surface area contributed by atoms with Crippen LogP contribution in [-0.4, -0.2) is 64.1 Å². The SMILES string of the molecule is C=CCC1=C[C@@]2(OC)C(=O)C(OC)(OC)[C@@H]1[C@H]1[C@](C)(OC)C(=O)C(OC)=C[C@@]12CC=C. The second-order valence-electron chi connectivity index (χ2n) is 8.40. The first-order chi connectivity index (χ1) is 14.7. The fraction of sp³-hybridized carbons (Fsp3) is 0.583. The molecular formula is C24H32O7. The highest BCUT2D eigenvalue weighted by Crippen LogP contribution is 2.68. The van der Waals surface area contributed by atoms with Crippen molar-refractivity contribution >= 4 is 11.6 Å². The number of ether oxygens (including phenoxy) is 5. The van der Waals surface area contributed by atoms with E-state index in [4.69, 9.17) is 23.7 Å². The maximum Gasteiger partial charge on any atom is 0.239 e. The second-order valence-corrected chi connectivity index (χ2v) is 8.40. The van der Waals surface area contributed by atoms with Crippen LogP contribution in [-0.2, 0) is 33.3 Å². The molecule has 0 spiro atoms. The van der Waals surface area contributed by atoms with Crippen molar-refractivity contribution in [2.45, 2.75) is 36.8 Å². The van der Waals surface area contributed by atoms with Crippen LogP contribution in [0.1, 0.15) is 19.8 Å². The lowest BCUT2D eigenvalue weighted by atomic mass is 9.40. The van der Waals surface area contributed by atoms with Gasteiger partial charge in [0.05, 0.1) is 7.11 Å². The highest BCUT2D eigenvalue weighted by Gasteiger charge is 2.80. The minimum absolute atomic E-state index is 0.123. The van der Waals surface area contributed by atoms with E-state index in [1.165, 1.54) is 35.5 Å². The summed E-state index contributed by atoms with van der Waals surface area (Å²) in [5.41, 5.74) is -3.02. The van der Waals surface area contributed by atoms with Crippen molar-refractivity contribution in [2.24, 2.45) is 17.3 Å². The van der Waals surface area contributed by atoms with Gasteiger partial charge in [0, 0.05) is 45.7 Å². The van der Waals surface area contributed by atoms with Crippen molar-refractivity contribution in [3.63, 3.8) is 0 Å². The predicted octanol–water partition coefficient (Wildman–Crippen LogP) is 2.77. The Morgan fingerprint density at radius 2 is 1.61 bits per heavy atom. The first-order valence-corrected chi connectivity index (χ1v) is 10.2. The van der Waals surface area contributed by atoms with Gasteiger partial charge in [-0.25, -0.2) is 0 Å². The second kappa shape index (κ2) is 7.81. The normalized spacial score (nSPS) is 38.3. The van der Waals surface area contributed by atoms with E-state index in [1.807, 2.05) is 6.08 Å². The molecule has 7 nitrogen and oxygen atoms in total. The van der Waals surface area contributed by atoms with E-state index in [9.17, 15) is 9.59 Å². The summed E-state index contributed by atoms with van der Waals surface area (Å²) in [5.74, 6) is -3.43. The van der Waals surface area contributed by atoms with Crippen LogP contribution in [0, 0.1) is 17.3 Å². The number of allylic oxidation sites excluding steroid dienone is 2. The Morgan fingerprint density at radius 1 is 0.968 bits per heavy atom. The number of Topliss-reactive ketones (excluding diaryl/α,β-unsaturated/α-hetero) is 2. The van der Waals surface area contributed by atoms with Crippen LogP contribution < -0.4 is 0 Å². The smallest absolute Gasteiger partial charge is 0.239 e. The number of hydrogen-bond acceptors (Lipinski definition) is 7. The molecule has 4 aliphatic rings. The third-order valence-corrected chi connectivity index (χ3v) is 7.52. The van der Waals surface area contributed by atoms with E-state index >= 15 is 0 Å². The molecule has 5 atom stereocenters. The van der Waals surface area contributed by atoms with Crippen molar-refractivity contribution in [1.82, 2.24) is 0 Å². The van der Waals surface area contributed by atoms with Crippen LogP contribution in [0.3, 0.4) is 0 Å². The van der Waals surface area contributed by atoms with Gasteiger partial charge in [0.15, 0.2) is 11.4 Å². The van der Waals surface area contributed by atoms with Crippen molar-refractivity contribution in [3.8, 4) is 0 Å². The highest BCUT2D eigenvalue weighted by molar-refractivity contribution is 6.06. The van der Waals surface area contributed by atoms with Gasteiger partial charge in [0.25, 0.3) is 0 Å². The number of carbonyl (C=O) groups excluding carboxylic acids is 2. The number of ketones is 2. The Labute approximate surface area is 183 Å². The highest BCUT2D eigenvalue weighted by atomic mass is 16.7. The van der Waals surface area contributed by atoms with Gasteiger partial charge in [-0.2, -0.15) is 0 Å². The number of rotatable bonds is 9. The molecule has 7 heteroatoms. The molecule has 4 aliphatic carbocycles. The summed E-state index contributed by atoms with van der Waals surface area (Å²) in [5, 5.41) is 0. The van der Waals surface area contributed by atoms with Crippen LogP contribution in [0.25, 0.3) is 0 Å². The van der Waals surface area contributed by atoms with Gasteiger partial charge < -0.3 is 23.7 Å². The van der Waals surface area contributed by atoms with E-state index in [0.29, 0.717) is 12.8 Å². The first kappa shape index (κ1) is 23.6. The quantitative estimate of drug-likeness (QED) is 0.409. The molecule has 170 valence electrons. The van der Waals surface area contributed by atoms with Crippen LogP contribution in [0.15, 0.2) is 48.8 Å². The summed E-state index contributed by atoms with van der Waals surface area (Å²) in [7, 11) is 7.24. The van der Waals surface area contributed by atoms with Gasteiger partial charge in [0.1, 0.15) is 5.60 Å². The molecule has 0 radical (unpaired) electrons. The predicted molar refractivity (Wildman–Crippen MR) is 114 cm³/mol. The minimum atomic E-state index is -1.66. The van der Waals surface area contributed by atoms with E-state index < -0.39 is 34.2 Å². The van der Waals surface area contributed by atoms with Crippen molar-refractivity contribution in [1.29, 1.82) is 0 Å². The molecule has 1 fully saturated rings. The maximum absolute atomic E-state index is 14.1. The lowest BCUT2D eigenvalue weighted by Gasteiger charge is -2.67. The van der Waals surface area contributed by atoms with E-state index in [-0.39, 0.29) is 17.3 Å². The average molecular weight is 433 g/mol. The molecule has 0 aromatic carbocycles. The maximum atomic E-state index is 14.1. The number of fused-ring (bicyclic) bond motifs is 1. The molecule has 0 N–H and O–H groups in total. The molecule has 0 amide bonds. The Kier molecular flexibility index (Phi) is 5.95. The van der Waals surface area contributed by atoms with Gasteiger partial charge in [-0.1, -0.05) is 17.7 Å². The molecule has 0 saturated heterocycles. The van der Waals surface area contributed by atoms with Gasteiger partial charge in [-0.05, 0) is 31.9 Å². The average Bonchev–Trinajstić information content (AvgIpc) is 2.78. The molecule has 0 unspecified atom stereocenters. The van der Waals surface area contributed by atoms with Gasteiger partial charge in [0.2, 0.25) is 17.4 Å². The third-order valence-electron chi connectivity index (χ3n) is 7.52. The lowest BCUT2D eigenvalue weighted by Crippen LogP contribution is -2.80. The lowest BCUT2D eigenvalue weighted by molar-refractivity contribution is -0.298. The zero-order valence-corrected chi connectivity index (χ0v) is 19.2. The molecule has 1 saturated carbocycles. The van der Waals surface area contributed by atoms with Crippen LogP contribution in [0.4, 0.5) is 0 Å². The molecule has 0 aliphatic heterocycles. The van der Waals surface area contributed by atoms with Gasteiger partial charge >= 0.3 is 0 Å². The molecule has 0 heterocycles. The third kappa shape index (κ3) is 2.55. The minimum Gasteiger partial charge on any atom is -0.493 e. The Hall–Kier alpha value is -2.06. The Balaban J connectivity index is 2.54. The molecule has 4 rings (SSSR count). The number of methoxy groups -OCH3 is 5. The van der Waals surface area contributed by atoms with Crippen LogP contribution >= 0.6 is 0 Å². The fourth-order valence-electron chi connectivity index (χ4n) is 6.22. The molecular weight excluding hydrogens is 400 g/mol. The topological polar surface area (TPSA) is 80.3 Å². The monoisotopic (exact) mass is 432 g/mol. The summed E-state index contributed by atoms with van der Waals surface area (Å²) in [4.78, 5) is 27.6. The van der Waals surface area contributed by atoms with Crippen molar-refractivity contribution < 1.29 is 33.3 Å². The molecule has 2 bridgehead atoms. The van der Waals surface area contributed by atoms with Gasteiger partial charge in [-0.3, -0.25) is 9.59 Å². The standard InChI is InChI=1S/C24H32O7/c1-9-11-15-13-23(29-6)20(26)24(30-7,31-8)17(15)18-21(3,28-5)19(25)16(27-4)14-22(18,23)12-10-2/h9-10,13-14,17-18H,1-2,11-12H2,3-8H3/t17-,18-,21-,22-,23+/m0/s1. The van der Waals surface area contributed by atoms with Crippen molar-refractivity contribution in [3.05, 3.63) is 48.8 Å². The summed E-state index contributed by atoms with van der Waals surface area (Å²) >= 11 is 0. The van der Waals surface area contributed by atoms with Gasteiger partial charge in [-0.15, -0.1) is 13.2 Å². The molecule has 31 heavy (non-hydrogen) atoms. The first-order valence-electron chi connectivity index (χ1n) is 10.2. The van der Waals surface area contributed by atoms with E-state index in [1.54, 1.807) is 25.2 Å². The summed E-state index contributed by atoms with van der Waals surface area (Å²) in [6.07, 6.45) is 7.83. The number of carbonyl (C=O) groups is 2. The Bertz CT molecular complexity index is 867. The fourth-order valence-corrected chi connectivity index (χ4v) is 6.22. The molecule has 0 aromatic heterocycles. The zero-order chi connectivity index (χ0) is 23.2. The number of hydrogen-bond donors (Lipinski definition) is 0. The largest absolute Gasteiger partial charge is 0.493 e. The van der Waals surface area contributed by atoms with Crippen LogP contribution in [0.5, 0.6) is 0 Å². The van der Waals surface area contributed by atoms with Crippen molar-refractivity contribution in [2.75, 3.05) is 35.5 Å². The summed E-state index contributed by atoms with van der Waals surface area (Å²) in [6.45, 7) is 9.52. The summed E-state index contributed by atoms with van der Waals surface area (Å²) < 4.78 is 29.1. The molecule has 0 aromatic rings. The zero-order valence-electron chi connectivity index (χ0n) is 19.2. The Morgan fingerprint density at radius 3 is 2.06 bits per heavy atom.